The van der Waals surface area contributed by atoms with E-state index >= 15 is 0 Å². The average Bonchev–Trinajstić information content (AvgIpc) is 2.35. The number of hydrogen-bond donors (Lipinski definition) is 1. The third kappa shape index (κ3) is 3.93. The van der Waals surface area contributed by atoms with Crippen LogP contribution < -0.4 is 5.73 Å². The normalized spacial score (nSPS) is 31.1. The van der Waals surface area contributed by atoms with Crippen LogP contribution in [0.15, 0.2) is 0 Å². The van der Waals surface area contributed by atoms with Gasteiger partial charge in [-0.15, -0.1) is 0 Å². The smallest absolute Gasteiger partial charge is 0.0788 e. The third-order valence-electron chi connectivity index (χ3n) is 4.70. The molecule has 1 heterocycles. The molecule has 3 atom stereocenters. The van der Waals surface area contributed by atoms with Gasteiger partial charge >= 0.3 is 0 Å². The molecule has 3 unspecified atom stereocenters. The highest BCUT2D eigenvalue weighted by Gasteiger charge is 2.52. The first kappa shape index (κ1) is 16.9. The first-order valence-electron chi connectivity index (χ1n) is 7.63. The van der Waals surface area contributed by atoms with E-state index in [4.69, 9.17) is 10.5 Å². The molecule has 0 spiro atoms. The van der Waals surface area contributed by atoms with Crippen molar-refractivity contribution in [1.82, 2.24) is 4.90 Å². The van der Waals surface area contributed by atoms with Crippen LogP contribution in [-0.4, -0.2) is 41.8 Å². The second-order valence-electron chi connectivity index (χ2n) is 7.86. The van der Waals surface area contributed by atoms with E-state index in [1.165, 1.54) is 6.42 Å². The molecule has 3 heteroatoms. The molecule has 19 heavy (non-hydrogen) atoms. The van der Waals surface area contributed by atoms with E-state index in [2.05, 4.69) is 60.4 Å². The van der Waals surface area contributed by atoms with Crippen LogP contribution in [0.3, 0.4) is 0 Å². The average molecular weight is 270 g/mol. The fraction of sp³-hybridized carbons (Fsp3) is 1.00. The fourth-order valence-corrected chi connectivity index (χ4v) is 3.42. The van der Waals surface area contributed by atoms with Crippen LogP contribution in [0.5, 0.6) is 0 Å². The number of hydrogen-bond acceptors (Lipinski definition) is 3. The minimum absolute atomic E-state index is 0.0937. The van der Waals surface area contributed by atoms with Crippen LogP contribution in [-0.2, 0) is 4.74 Å². The summed E-state index contributed by atoms with van der Waals surface area (Å²) in [4.78, 5) is 2.44. The van der Waals surface area contributed by atoms with Crippen molar-refractivity contribution in [1.29, 1.82) is 0 Å². The number of rotatable bonds is 5. The molecule has 0 aromatic rings. The molecule has 0 aromatic carbocycles. The van der Waals surface area contributed by atoms with E-state index in [9.17, 15) is 0 Å². The maximum Gasteiger partial charge on any atom is 0.0788 e. The van der Waals surface area contributed by atoms with Crippen molar-refractivity contribution >= 4 is 0 Å². The van der Waals surface area contributed by atoms with E-state index in [-0.39, 0.29) is 17.2 Å². The maximum atomic E-state index is 6.43. The van der Waals surface area contributed by atoms with Gasteiger partial charge < -0.3 is 15.4 Å². The summed E-state index contributed by atoms with van der Waals surface area (Å²) in [5, 5.41) is 0. The van der Waals surface area contributed by atoms with Gasteiger partial charge in [0.05, 0.1) is 11.2 Å². The minimum Gasteiger partial charge on any atom is -0.368 e. The Hall–Kier alpha value is -0.120. The fourth-order valence-electron chi connectivity index (χ4n) is 3.42. The van der Waals surface area contributed by atoms with Crippen LogP contribution in [0, 0.1) is 11.8 Å². The molecule has 0 aliphatic carbocycles. The first-order chi connectivity index (χ1) is 8.47. The van der Waals surface area contributed by atoms with Gasteiger partial charge in [0.15, 0.2) is 0 Å². The number of nitrogens with zero attached hydrogens (tertiary/aromatic N) is 1. The molecule has 1 saturated heterocycles. The lowest BCUT2D eigenvalue weighted by atomic mass is 9.82. The Labute approximate surface area is 119 Å². The molecule has 114 valence electrons. The monoisotopic (exact) mass is 270 g/mol. The highest BCUT2D eigenvalue weighted by molar-refractivity contribution is 5.04. The van der Waals surface area contributed by atoms with Crippen molar-refractivity contribution in [3.63, 3.8) is 0 Å². The predicted molar refractivity (Wildman–Crippen MR) is 82.3 cm³/mol. The maximum absolute atomic E-state index is 6.43. The van der Waals surface area contributed by atoms with Crippen molar-refractivity contribution in [2.45, 2.75) is 78.2 Å². The van der Waals surface area contributed by atoms with Gasteiger partial charge in [0.2, 0.25) is 0 Å². The molecule has 2 N–H and O–H groups in total. The summed E-state index contributed by atoms with van der Waals surface area (Å²) in [5.41, 5.74) is 6.06. The van der Waals surface area contributed by atoms with Gasteiger partial charge in [-0.2, -0.15) is 0 Å². The Morgan fingerprint density at radius 3 is 2.00 bits per heavy atom. The Bertz CT molecular complexity index is 299. The molecule has 0 amide bonds. The largest absolute Gasteiger partial charge is 0.368 e. The Morgan fingerprint density at radius 2 is 1.63 bits per heavy atom. The summed E-state index contributed by atoms with van der Waals surface area (Å²) >= 11 is 0. The van der Waals surface area contributed by atoms with Crippen molar-refractivity contribution in [3.05, 3.63) is 0 Å². The summed E-state index contributed by atoms with van der Waals surface area (Å²) in [7, 11) is 2.21. The molecule has 1 aliphatic heterocycles. The molecule has 1 fully saturated rings. The van der Waals surface area contributed by atoms with Crippen LogP contribution in [0.1, 0.15) is 54.9 Å². The van der Waals surface area contributed by atoms with Crippen LogP contribution in [0.2, 0.25) is 0 Å². The van der Waals surface area contributed by atoms with Crippen molar-refractivity contribution in [2.75, 3.05) is 13.6 Å². The zero-order chi connectivity index (χ0) is 15.0. The van der Waals surface area contributed by atoms with Crippen molar-refractivity contribution in [3.8, 4) is 0 Å². The van der Waals surface area contributed by atoms with Gasteiger partial charge in [0.25, 0.3) is 0 Å². The lowest BCUT2D eigenvalue weighted by Gasteiger charge is -2.34. The molecular formula is C16H34N2O. The topological polar surface area (TPSA) is 38.5 Å². The SMILES string of the molecule is CC(C)CC(C)N(C)CC1C(N)C(C)(C)OC1(C)C. The molecule has 3 nitrogen and oxygen atoms in total. The predicted octanol–water partition coefficient (Wildman–Crippen LogP) is 2.88. The highest BCUT2D eigenvalue weighted by Crippen LogP contribution is 2.41. The van der Waals surface area contributed by atoms with Gasteiger partial charge in [-0.25, -0.2) is 0 Å². The quantitative estimate of drug-likeness (QED) is 0.835. The molecule has 0 bridgehead atoms. The Morgan fingerprint density at radius 1 is 1.11 bits per heavy atom. The lowest BCUT2D eigenvalue weighted by molar-refractivity contribution is -0.0786. The van der Waals surface area contributed by atoms with E-state index in [1.807, 2.05) is 0 Å². The highest BCUT2D eigenvalue weighted by atomic mass is 16.5. The lowest BCUT2D eigenvalue weighted by Crippen LogP contribution is -2.49. The van der Waals surface area contributed by atoms with Crippen LogP contribution in [0.4, 0.5) is 0 Å². The zero-order valence-electron chi connectivity index (χ0n) is 14.2. The van der Waals surface area contributed by atoms with Gasteiger partial charge in [-0.1, -0.05) is 13.8 Å². The van der Waals surface area contributed by atoms with E-state index in [1.54, 1.807) is 0 Å². The molecule has 1 rings (SSSR count). The molecule has 0 aromatic heterocycles. The standard InChI is InChI=1S/C16H34N2O/c1-11(2)9-12(3)18(8)10-13-14(17)16(6,7)19-15(13,4)5/h11-14H,9-10,17H2,1-8H3. The van der Waals surface area contributed by atoms with Gasteiger partial charge in [-0.05, 0) is 54.0 Å². The van der Waals surface area contributed by atoms with Gasteiger partial charge in [0.1, 0.15) is 0 Å². The summed E-state index contributed by atoms with van der Waals surface area (Å²) in [6.45, 7) is 16.4. The van der Waals surface area contributed by atoms with Crippen molar-refractivity contribution in [2.24, 2.45) is 17.6 Å². The summed E-state index contributed by atoms with van der Waals surface area (Å²) < 4.78 is 6.17. The summed E-state index contributed by atoms with van der Waals surface area (Å²) in [5.74, 6) is 1.11. The van der Waals surface area contributed by atoms with Crippen molar-refractivity contribution < 1.29 is 4.74 Å². The zero-order valence-corrected chi connectivity index (χ0v) is 14.2. The molecule has 0 saturated carbocycles. The summed E-state index contributed by atoms with van der Waals surface area (Å²) in [6, 6.07) is 0.683. The second kappa shape index (κ2) is 5.71. The number of nitrogens with two attached hydrogens (primary N) is 1. The van der Waals surface area contributed by atoms with Crippen LogP contribution >= 0.6 is 0 Å². The second-order valence-corrected chi connectivity index (χ2v) is 7.86. The van der Waals surface area contributed by atoms with E-state index in [0.29, 0.717) is 12.0 Å². The Balaban J connectivity index is 2.70. The van der Waals surface area contributed by atoms with E-state index < -0.39 is 0 Å². The van der Waals surface area contributed by atoms with Gasteiger partial charge in [-0.3, -0.25) is 0 Å². The number of ether oxygens (including phenoxy) is 1. The molecule has 0 radical (unpaired) electrons. The summed E-state index contributed by atoms with van der Waals surface area (Å²) in [6.07, 6.45) is 1.23. The Kier molecular flexibility index (Phi) is 5.09. The van der Waals surface area contributed by atoms with Gasteiger partial charge in [0, 0.05) is 24.5 Å². The minimum atomic E-state index is -0.226. The molecular weight excluding hydrogens is 236 g/mol. The first-order valence-corrected chi connectivity index (χ1v) is 7.63. The molecule has 1 aliphatic rings. The van der Waals surface area contributed by atoms with Crippen LogP contribution in [0.25, 0.3) is 0 Å². The van der Waals surface area contributed by atoms with E-state index in [0.717, 1.165) is 12.5 Å². The third-order valence-corrected chi connectivity index (χ3v) is 4.70.